The number of nitrogens with zero attached hydrogens (tertiary/aromatic N) is 3. The summed E-state index contributed by atoms with van der Waals surface area (Å²) in [7, 11) is 1.56. The largest absolute Gasteiger partial charge is 0.419 e. The maximum absolute atomic E-state index is 13.3. The Kier molecular flexibility index (Phi) is 5.34. The Hall–Kier alpha value is -2.64. The molecular formula is C19H19F4N3O. The molecule has 2 aromatic rings. The predicted molar refractivity (Wildman–Crippen MR) is 93.0 cm³/mol. The van der Waals surface area contributed by atoms with E-state index >= 15 is 0 Å². The summed E-state index contributed by atoms with van der Waals surface area (Å²) in [5.74, 6) is -0.839. The summed E-state index contributed by atoms with van der Waals surface area (Å²) in [6, 6.07) is 7.21. The van der Waals surface area contributed by atoms with Crippen LogP contribution in [-0.4, -0.2) is 42.0 Å². The third kappa shape index (κ3) is 4.20. The van der Waals surface area contributed by atoms with Crippen molar-refractivity contribution in [3.8, 4) is 0 Å². The monoisotopic (exact) mass is 381 g/mol. The van der Waals surface area contributed by atoms with Crippen LogP contribution in [0.1, 0.15) is 28.8 Å². The van der Waals surface area contributed by atoms with Gasteiger partial charge in [0.15, 0.2) is 0 Å². The molecule has 1 atom stereocenters. The second-order valence-corrected chi connectivity index (χ2v) is 6.54. The Morgan fingerprint density at radius 1 is 1.22 bits per heavy atom. The molecule has 0 saturated carbocycles. The molecule has 8 heteroatoms. The van der Waals surface area contributed by atoms with Crippen LogP contribution >= 0.6 is 0 Å². The number of benzene rings is 1. The van der Waals surface area contributed by atoms with Gasteiger partial charge in [-0.3, -0.25) is 4.79 Å². The van der Waals surface area contributed by atoms with Gasteiger partial charge in [-0.05, 0) is 49.2 Å². The third-order valence-electron chi connectivity index (χ3n) is 4.75. The number of piperidine rings is 1. The van der Waals surface area contributed by atoms with Gasteiger partial charge in [-0.25, -0.2) is 9.37 Å². The van der Waals surface area contributed by atoms with Gasteiger partial charge in [0.05, 0.1) is 5.56 Å². The molecule has 27 heavy (non-hydrogen) atoms. The fraction of sp³-hybridized carbons (Fsp3) is 0.368. The molecule has 2 heterocycles. The molecule has 4 nitrogen and oxygen atoms in total. The molecule has 0 aliphatic carbocycles. The van der Waals surface area contributed by atoms with E-state index in [1.165, 1.54) is 41.4 Å². The van der Waals surface area contributed by atoms with Crippen LogP contribution in [-0.2, 0) is 6.18 Å². The van der Waals surface area contributed by atoms with Gasteiger partial charge in [0.1, 0.15) is 11.6 Å². The molecule has 1 aromatic carbocycles. The van der Waals surface area contributed by atoms with Gasteiger partial charge in [-0.2, -0.15) is 13.2 Å². The lowest BCUT2D eigenvalue weighted by atomic mass is 10.0. The lowest BCUT2D eigenvalue weighted by molar-refractivity contribution is -0.137. The molecule has 1 aliphatic rings. The highest BCUT2D eigenvalue weighted by atomic mass is 19.4. The highest BCUT2D eigenvalue weighted by Crippen LogP contribution is 2.36. The summed E-state index contributed by atoms with van der Waals surface area (Å²) >= 11 is 0. The van der Waals surface area contributed by atoms with E-state index in [4.69, 9.17) is 0 Å². The number of carbonyl (C=O) groups is 1. The standard InChI is InChI=1S/C19H19F4N3O/c1-25(17-16(19(21,22)23)5-2-10-24-17)15-4-3-11-26(12-15)18(27)13-6-8-14(20)9-7-13/h2,5-10,15H,3-4,11-12H2,1H3. The quantitative estimate of drug-likeness (QED) is 0.755. The highest BCUT2D eigenvalue weighted by molar-refractivity contribution is 5.94. The summed E-state index contributed by atoms with van der Waals surface area (Å²) in [6.45, 7) is 0.787. The first-order valence-electron chi connectivity index (χ1n) is 8.57. The van der Waals surface area contributed by atoms with Gasteiger partial charge in [0, 0.05) is 37.9 Å². The molecule has 0 N–H and O–H groups in total. The highest BCUT2D eigenvalue weighted by Gasteiger charge is 2.37. The molecule has 1 aromatic heterocycles. The fourth-order valence-corrected chi connectivity index (χ4v) is 3.30. The molecule has 0 radical (unpaired) electrons. The Balaban J connectivity index is 1.78. The fourth-order valence-electron chi connectivity index (χ4n) is 3.30. The van der Waals surface area contributed by atoms with Crippen molar-refractivity contribution in [1.29, 1.82) is 0 Å². The summed E-state index contributed by atoms with van der Waals surface area (Å²) in [5.41, 5.74) is -0.442. The Labute approximate surface area is 154 Å². The third-order valence-corrected chi connectivity index (χ3v) is 4.75. The van der Waals surface area contributed by atoms with Crippen LogP contribution in [0.25, 0.3) is 0 Å². The summed E-state index contributed by atoms with van der Waals surface area (Å²) in [5, 5.41) is 0. The zero-order valence-electron chi connectivity index (χ0n) is 14.7. The molecule has 1 saturated heterocycles. The zero-order chi connectivity index (χ0) is 19.6. The minimum atomic E-state index is -4.50. The average Bonchev–Trinajstić information content (AvgIpc) is 2.67. The predicted octanol–water partition coefficient (Wildman–Crippen LogP) is 3.98. The average molecular weight is 381 g/mol. The number of rotatable bonds is 3. The SMILES string of the molecule is CN(c1ncccc1C(F)(F)F)C1CCCN(C(=O)c2ccc(F)cc2)C1. The van der Waals surface area contributed by atoms with Crippen molar-refractivity contribution in [2.75, 3.05) is 25.0 Å². The van der Waals surface area contributed by atoms with Crippen LogP contribution < -0.4 is 4.90 Å². The first-order valence-corrected chi connectivity index (χ1v) is 8.57. The van der Waals surface area contributed by atoms with E-state index < -0.39 is 17.6 Å². The maximum atomic E-state index is 13.3. The van der Waals surface area contributed by atoms with Crippen molar-refractivity contribution in [2.45, 2.75) is 25.1 Å². The van der Waals surface area contributed by atoms with Crippen LogP contribution in [0.4, 0.5) is 23.4 Å². The Morgan fingerprint density at radius 3 is 2.59 bits per heavy atom. The van der Waals surface area contributed by atoms with E-state index in [1.807, 2.05) is 0 Å². The number of likely N-dealkylation sites (tertiary alicyclic amines) is 1. The first kappa shape index (κ1) is 19.1. The Bertz CT molecular complexity index is 807. The number of halogens is 4. The number of aromatic nitrogens is 1. The number of likely N-dealkylation sites (N-methyl/N-ethyl adjacent to an activating group) is 1. The van der Waals surface area contributed by atoms with E-state index in [1.54, 1.807) is 11.9 Å². The summed E-state index contributed by atoms with van der Waals surface area (Å²) < 4.78 is 52.9. The van der Waals surface area contributed by atoms with Crippen LogP contribution in [0.3, 0.4) is 0 Å². The minimum Gasteiger partial charge on any atom is -0.354 e. The molecule has 1 unspecified atom stereocenters. The first-order chi connectivity index (χ1) is 12.8. The van der Waals surface area contributed by atoms with Crippen molar-refractivity contribution in [1.82, 2.24) is 9.88 Å². The van der Waals surface area contributed by atoms with Gasteiger partial charge in [0.25, 0.3) is 5.91 Å². The van der Waals surface area contributed by atoms with E-state index in [-0.39, 0.29) is 24.3 Å². The normalized spacial score (nSPS) is 17.7. The number of anilines is 1. The van der Waals surface area contributed by atoms with Crippen LogP contribution in [0.5, 0.6) is 0 Å². The van der Waals surface area contributed by atoms with E-state index in [0.29, 0.717) is 24.9 Å². The number of alkyl halides is 3. The van der Waals surface area contributed by atoms with E-state index in [9.17, 15) is 22.4 Å². The van der Waals surface area contributed by atoms with Gasteiger partial charge >= 0.3 is 6.18 Å². The second-order valence-electron chi connectivity index (χ2n) is 6.54. The van der Waals surface area contributed by atoms with E-state index in [0.717, 1.165) is 6.07 Å². The molecule has 1 aliphatic heterocycles. The molecule has 144 valence electrons. The lowest BCUT2D eigenvalue weighted by Gasteiger charge is -2.38. The van der Waals surface area contributed by atoms with Gasteiger partial charge in [-0.15, -0.1) is 0 Å². The summed E-state index contributed by atoms with van der Waals surface area (Å²) in [6.07, 6.45) is -1.87. The van der Waals surface area contributed by atoms with Crippen molar-refractivity contribution >= 4 is 11.7 Å². The van der Waals surface area contributed by atoms with Crippen LogP contribution in [0, 0.1) is 5.82 Å². The van der Waals surface area contributed by atoms with Gasteiger partial charge in [-0.1, -0.05) is 0 Å². The number of amides is 1. The smallest absolute Gasteiger partial charge is 0.354 e. The van der Waals surface area contributed by atoms with Crippen molar-refractivity contribution in [3.05, 3.63) is 59.5 Å². The number of carbonyl (C=O) groups excluding carboxylic acids is 1. The van der Waals surface area contributed by atoms with Crippen LogP contribution in [0.15, 0.2) is 42.6 Å². The molecule has 3 rings (SSSR count). The lowest BCUT2D eigenvalue weighted by Crippen LogP contribution is -2.49. The van der Waals surface area contributed by atoms with Crippen molar-refractivity contribution in [3.63, 3.8) is 0 Å². The van der Waals surface area contributed by atoms with Gasteiger partial charge < -0.3 is 9.80 Å². The molecule has 0 bridgehead atoms. The number of hydrogen-bond acceptors (Lipinski definition) is 3. The molecule has 0 spiro atoms. The minimum absolute atomic E-state index is 0.147. The maximum Gasteiger partial charge on any atom is 0.419 e. The number of pyridine rings is 1. The topological polar surface area (TPSA) is 36.4 Å². The van der Waals surface area contributed by atoms with Crippen LogP contribution in [0.2, 0.25) is 0 Å². The van der Waals surface area contributed by atoms with Crippen molar-refractivity contribution < 1.29 is 22.4 Å². The second kappa shape index (κ2) is 7.54. The van der Waals surface area contributed by atoms with E-state index in [2.05, 4.69) is 4.98 Å². The number of hydrogen-bond donors (Lipinski definition) is 0. The Morgan fingerprint density at radius 2 is 1.93 bits per heavy atom. The molecular weight excluding hydrogens is 362 g/mol. The van der Waals surface area contributed by atoms with Crippen molar-refractivity contribution in [2.24, 2.45) is 0 Å². The molecule has 1 amide bonds. The molecule has 1 fully saturated rings. The summed E-state index contributed by atoms with van der Waals surface area (Å²) in [4.78, 5) is 19.6. The zero-order valence-corrected chi connectivity index (χ0v) is 14.7. The van der Waals surface area contributed by atoms with Gasteiger partial charge in [0.2, 0.25) is 0 Å².